The minimum atomic E-state index is -5.17. The lowest BCUT2D eigenvalue weighted by Crippen LogP contribution is -2.39. The Balaban J connectivity index is 0.000000548. The average Bonchev–Trinajstić information content (AvgIpc) is 2.98. The van der Waals surface area contributed by atoms with Crippen molar-refractivity contribution in [3.63, 3.8) is 0 Å². The van der Waals surface area contributed by atoms with Crippen molar-refractivity contribution < 1.29 is 23.6 Å². The van der Waals surface area contributed by atoms with Crippen molar-refractivity contribution >= 4 is 10.4 Å². The van der Waals surface area contributed by atoms with E-state index in [1.165, 1.54) is 33.6 Å². The first kappa shape index (κ1) is 22.4. The van der Waals surface area contributed by atoms with Gasteiger partial charge in [0.25, 0.3) is 0 Å². The second-order valence-electron chi connectivity index (χ2n) is 7.03. The van der Waals surface area contributed by atoms with Gasteiger partial charge in [0.05, 0.1) is 12.6 Å². The van der Waals surface area contributed by atoms with Crippen LogP contribution in [0.15, 0.2) is 91.0 Å². The van der Waals surface area contributed by atoms with Crippen LogP contribution >= 0.6 is 0 Å². The monoisotopic (exact) mass is 436 g/mol. The maximum absolute atomic E-state index is 8.52. The van der Waals surface area contributed by atoms with Gasteiger partial charge in [0.15, 0.2) is 7.05 Å². The van der Waals surface area contributed by atoms with Crippen LogP contribution in [0, 0.1) is 0 Å². The summed E-state index contributed by atoms with van der Waals surface area (Å²) in [5.41, 5.74) is 7.73. The van der Waals surface area contributed by atoms with Gasteiger partial charge >= 0.3 is 1.43 Å². The van der Waals surface area contributed by atoms with Crippen molar-refractivity contribution in [1.29, 1.82) is 0 Å². The lowest BCUT2D eigenvalue weighted by Gasteiger charge is -2.06. The maximum atomic E-state index is 8.52. The number of nitrogens with zero attached hydrogens (tertiary/aromatic N) is 2. The smallest absolute Gasteiger partial charge is 0.759 e. The molecule has 160 valence electrons. The first-order chi connectivity index (χ1) is 14.8. The highest BCUT2D eigenvalue weighted by Gasteiger charge is 2.28. The molecule has 1 heterocycles. The van der Waals surface area contributed by atoms with Gasteiger partial charge in [-0.15, -0.1) is 4.68 Å². The van der Waals surface area contributed by atoms with Crippen LogP contribution in [0.2, 0.25) is 0 Å². The molecule has 6 nitrogen and oxygen atoms in total. The van der Waals surface area contributed by atoms with Gasteiger partial charge in [-0.2, -0.15) is 4.68 Å². The number of hydrogen-bond acceptors (Lipinski definition) is 4. The summed E-state index contributed by atoms with van der Waals surface area (Å²) in [6.45, 7) is 0. The summed E-state index contributed by atoms with van der Waals surface area (Å²) in [4.78, 5) is 0. The van der Waals surface area contributed by atoms with Crippen LogP contribution in [0.5, 0.6) is 0 Å². The predicted molar refractivity (Wildman–Crippen MR) is 118 cm³/mol. The number of benzene rings is 3. The second kappa shape index (κ2) is 9.70. The van der Waals surface area contributed by atoms with E-state index in [-0.39, 0.29) is 1.43 Å². The van der Waals surface area contributed by atoms with Gasteiger partial charge < -0.3 is 9.11 Å². The minimum Gasteiger partial charge on any atom is -0.759 e. The molecule has 4 rings (SSSR count). The van der Waals surface area contributed by atoms with Crippen LogP contribution in [0.1, 0.15) is 12.6 Å². The fraction of sp³-hybridized carbons (Fsp3) is 0.125. The zero-order valence-electron chi connectivity index (χ0n) is 18.3. The predicted octanol–water partition coefficient (Wildman–Crippen LogP) is 3.55. The molecule has 31 heavy (non-hydrogen) atoms. The van der Waals surface area contributed by atoms with Crippen LogP contribution in [-0.2, 0) is 30.9 Å². The molecule has 0 saturated heterocycles. The number of rotatable bonds is 4. The molecule has 0 aliphatic heterocycles. The highest BCUT2D eigenvalue weighted by Crippen LogP contribution is 2.32. The van der Waals surface area contributed by atoms with Crippen molar-refractivity contribution in [1.82, 2.24) is 4.68 Å². The van der Waals surface area contributed by atoms with E-state index in [2.05, 4.69) is 114 Å². The van der Waals surface area contributed by atoms with Crippen molar-refractivity contribution in [2.45, 2.75) is 6.42 Å². The molecule has 1 aromatic heterocycles. The van der Waals surface area contributed by atoms with Crippen LogP contribution in [0.4, 0.5) is 0 Å². The second-order valence-corrected chi connectivity index (χ2v) is 7.84. The fourth-order valence-corrected chi connectivity index (χ4v) is 3.68. The third-order valence-electron chi connectivity index (χ3n) is 4.99. The molecule has 0 spiro atoms. The first-order valence-electron chi connectivity index (χ1n) is 9.65. The molecule has 0 saturated carbocycles. The van der Waals surface area contributed by atoms with Crippen LogP contribution < -0.4 is 4.68 Å². The summed E-state index contributed by atoms with van der Waals surface area (Å²) in [5.74, 6) is 0. The van der Waals surface area contributed by atoms with Crippen molar-refractivity contribution in [2.24, 2.45) is 14.1 Å². The Bertz CT molecular complexity index is 1170. The molecule has 0 amide bonds. The molecule has 0 unspecified atom stereocenters. The molecule has 4 aromatic rings. The van der Waals surface area contributed by atoms with Gasteiger partial charge in [-0.25, -0.2) is 0 Å². The van der Waals surface area contributed by atoms with E-state index < -0.39 is 10.4 Å². The van der Waals surface area contributed by atoms with E-state index in [1.54, 1.807) is 0 Å². The normalized spacial score (nSPS) is 11.0. The van der Waals surface area contributed by atoms with E-state index in [1.807, 2.05) is 0 Å². The van der Waals surface area contributed by atoms with Gasteiger partial charge in [-0.3, -0.25) is 8.42 Å². The third-order valence-corrected chi connectivity index (χ3v) is 4.99. The van der Waals surface area contributed by atoms with E-state index in [0.29, 0.717) is 0 Å². The molecular formula is C24H24N2O4S. The SMILES string of the molecule is Cn1c(-c2ccccc2)c(Cc2ccccc2)c(-c2ccccc2)[n+]1C.O=S(=O)([O-])[O-].[H+]. The fourth-order valence-electron chi connectivity index (χ4n) is 3.68. The molecular weight excluding hydrogens is 412 g/mol. The molecule has 0 atom stereocenters. The lowest BCUT2D eigenvalue weighted by atomic mass is 9.96. The average molecular weight is 437 g/mol. The Morgan fingerprint density at radius 2 is 1.23 bits per heavy atom. The van der Waals surface area contributed by atoms with Gasteiger partial charge in [-0.1, -0.05) is 78.9 Å². The summed E-state index contributed by atoms with van der Waals surface area (Å²) >= 11 is 0. The van der Waals surface area contributed by atoms with Crippen LogP contribution in [0.3, 0.4) is 0 Å². The molecule has 0 bridgehead atoms. The molecule has 0 aliphatic rings. The van der Waals surface area contributed by atoms with Crippen LogP contribution in [-0.4, -0.2) is 22.2 Å². The molecule has 0 fully saturated rings. The van der Waals surface area contributed by atoms with Gasteiger partial charge in [0, 0.05) is 27.9 Å². The zero-order valence-corrected chi connectivity index (χ0v) is 18.1. The highest BCUT2D eigenvalue weighted by molar-refractivity contribution is 7.79. The summed E-state index contributed by atoms with van der Waals surface area (Å²) in [6, 6.07) is 32.1. The number of hydrogen-bond donors (Lipinski definition) is 0. The minimum absolute atomic E-state index is 0. The van der Waals surface area contributed by atoms with E-state index in [4.69, 9.17) is 17.5 Å². The quantitative estimate of drug-likeness (QED) is 0.278. The maximum Gasteiger partial charge on any atom is 1.00 e. The largest absolute Gasteiger partial charge is 1.00 e. The van der Waals surface area contributed by atoms with Crippen molar-refractivity contribution in [3.8, 4) is 22.5 Å². The summed E-state index contributed by atoms with van der Waals surface area (Å²) < 4.78 is 38.6. The molecule has 0 radical (unpaired) electrons. The molecule has 0 N–H and O–H groups in total. The Morgan fingerprint density at radius 3 is 1.71 bits per heavy atom. The third kappa shape index (κ3) is 5.88. The zero-order chi connectivity index (χ0) is 22.4. The summed E-state index contributed by atoms with van der Waals surface area (Å²) in [6.07, 6.45) is 0.907. The summed E-state index contributed by atoms with van der Waals surface area (Å²) in [7, 11) is -0.882. The van der Waals surface area contributed by atoms with Gasteiger partial charge in [-0.05, 0) is 17.7 Å². The van der Waals surface area contributed by atoms with Crippen molar-refractivity contribution in [2.75, 3.05) is 0 Å². The Hall–Kier alpha value is -3.26. The summed E-state index contributed by atoms with van der Waals surface area (Å²) in [5, 5.41) is 0. The van der Waals surface area contributed by atoms with Gasteiger partial charge in [0.1, 0.15) is 5.69 Å². The number of aromatic nitrogens is 2. The van der Waals surface area contributed by atoms with E-state index in [9.17, 15) is 0 Å². The standard InChI is InChI=1S/C24H23N2.H2O4S/c1-25-23(20-14-8-4-9-15-20)22(18-19-12-6-3-7-13-19)24(26(25)2)21-16-10-5-11-17-21;1-5(2,3)4/h3-17H,18H2,1-2H3;(H2,1,2,3,4)/q+1;/p-1. The Labute approximate surface area is 184 Å². The highest BCUT2D eigenvalue weighted by atomic mass is 32.3. The van der Waals surface area contributed by atoms with E-state index >= 15 is 0 Å². The van der Waals surface area contributed by atoms with E-state index in [0.717, 1.165) is 6.42 Å². The molecule has 7 heteroatoms. The van der Waals surface area contributed by atoms with Crippen LogP contribution in [0.25, 0.3) is 22.5 Å². The van der Waals surface area contributed by atoms with Gasteiger partial charge in [0.2, 0.25) is 5.69 Å². The Kier molecular flexibility index (Phi) is 7.02. The molecule has 3 aromatic carbocycles. The Morgan fingerprint density at radius 1 is 0.806 bits per heavy atom. The molecule has 0 aliphatic carbocycles. The van der Waals surface area contributed by atoms with Crippen molar-refractivity contribution in [3.05, 3.63) is 102 Å². The lowest BCUT2D eigenvalue weighted by molar-refractivity contribution is -0.740. The first-order valence-corrected chi connectivity index (χ1v) is 11.0. The topological polar surface area (TPSA) is 89.1 Å².